The Bertz CT molecular complexity index is 1690. The Morgan fingerprint density at radius 3 is 1.72 bits per heavy atom. The van der Waals surface area contributed by atoms with Gasteiger partial charge in [-0.05, 0) is 30.2 Å². The van der Waals surface area contributed by atoms with Gasteiger partial charge in [0.2, 0.25) is 0 Å². The smallest absolute Gasteiger partial charge is 0.435 e. The summed E-state index contributed by atoms with van der Waals surface area (Å²) in [6.07, 6.45) is -11.5. The number of ether oxygens (including phenoxy) is 2. The van der Waals surface area contributed by atoms with Gasteiger partial charge >= 0.3 is 63.2 Å². The van der Waals surface area contributed by atoms with E-state index in [4.69, 9.17) is 4.74 Å². The number of hydrogen-bond donors (Lipinski definition) is 0. The molecule has 2 aromatic rings. The van der Waals surface area contributed by atoms with Crippen LogP contribution < -0.4 is 0 Å². The van der Waals surface area contributed by atoms with E-state index >= 15 is 8.78 Å². The molecular weight excluding hydrogens is 783 g/mol. The van der Waals surface area contributed by atoms with E-state index in [-0.39, 0.29) is 17.4 Å². The molecule has 1 heterocycles. The van der Waals surface area contributed by atoms with Crippen LogP contribution >= 0.6 is 10.3 Å². The van der Waals surface area contributed by atoms with E-state index in [1.165, 1.54) is 37.3 Å². The van der Waals surface area contributed by atoms with Gasteiger partial charge < -0.3 is 9.47 Å². The molecule has 1 aliphatic heterocycles. The first-order chi connectivity index (χ1) is 22.3. The second kappa shape index (κ2) is 12.6. The topological polar surface area (TPSA) is 78.9 Å². The van der Waals surface area contributed by atoms with Gasteiger partial charge in [0.15, 0.2) is 0 Å². The predicted molar refractivity (Wildman–Crippen MR) is 137 cm³/mol. The number of alkyl halides is 17. The molecule has 1 saturated heterocycles. The van der Waals surface area contributed by atoms with E-state index in [1.54, 1.807) is 0 Å². The van der Waals surface area contributed by atoms with Gasteiger partial charge in [-0.1, -0.05) is 46.7 Å². The number of benzene rings is 2. The molecule has 0 N–H and O–H groups in total. The van der Waals surface area contributed by atoms with Crippen LogP contribution in [0.2, 0.25) is 0 Å². The Morgan fingerprint density at radius 2 is 1.20 bits per heavy atom. The van der Waals surface area contributed by atoms with Gasteiger partial charge in [-0.25, -0.2) is 8.42 Å². The second-order valence-electron chi connectivity index (χ2n) is 10.4. The van der Waals surface area contributed by atoms with E-state index in [0.29, 0.717) is 0 Å². The lowest BCUT2D eigenvalue weighted by Crippen LogP contribution is -2.75. The zero-order valence-electron chi connectivity index (χ0n) is 24.1. The molecule has 2 unspecified atom stereocenters. The van der Waals surface area contributed by atoms with E-state index in [1.807, 2.05) is 0 Å². The maximum Gasteiger partial charge on any atom is 0.508 e. The molecule has 50 heavy (non-hydrogen) atoms. The van der Waals surface area contributed by atoms with Gasteiger partial charge in [-0.2, -0.15) is 83.1 Å². The average molecular weight is 803 g/mol. The molecule has 286 valence electrons. The summed E-state index contributed by atoms with van der Waals surface area (Å²) in [5.74, 6) is -54.3. The van der Waals surface area contributed by atoms with Crippen LogP contribution in [0.25, 0.3) is 10.8 Å². The SMILES string of the molecule is CCOC(=O)OC1CCS(OS(=O)(=O)C(F)(F)C(F)(F)C(F)(F)C(F)(F)C(F)(F)C(F)(F)C(F)(F)C(F)(F)F)(c2cccc3ccccc23)C1. The minimum atomic E-state index is -8.98. The molecule has 0 amide bonds. The molecule has 2 aromatic carbocycles. The number of hydrogen-bond acceptors (Lipinski definition) is 6. The highest BCUT2D eigenvalue weighted by Crippen LogP contribution is 2.68. The molecule has 0 aliphatic carbocycles. The van der Waals surface area contributed by atoms with Crippen LogP contribution in [0.4, 0.5) is 79.4 Å². The number of halogens is 17. The van der Waals surface area contributed by atoms with Crippen LogP contribution in [0.3, 0.4) is 0 Å². The maximum absolute atomic E-state index is 15.0. The van der Waals surface area contributed by atoms with Crippen LogP contribution in [-0.4, -0.2) is 85.8 Å². The summed E-state index contributed by atoms with van der Waals surface area (Å²) in [4.78, 5) is 11.4. The second-order valence-corrected chi connectivity index (χ2v) is 15.1. The van der Waals surface area contributed by atoms with Crippen LogP contribution in [-0.2, 0) is 23.2 Å². The fourth-order valence-corrected chi connectivity index (χ4v) is 10.4. The quantitative estimate of drug-likeness (QED) is 0.157. The molecule has 0 radical (unpaired) electrons. The summed E-state index contributed by atoms with van der Waals surface area (Å²) >= 11 is 0. The fourth-order valence-electron chi connectivity index (χ4n) is 4.51. The zero-order chi connectivity index (χ0) is 38.8. The van der Waals surface area contributed by atoms with Gasteiger partial charge in [-0.15, -0.1) is 0 Å². The number of carbonyl (C=O) groups is 1. The van der Waals surface area contributed by atoms with Crippen LogP contribution in [0.1, 0.15) is 13.3 Å². The maximum atomic E-state index is 15.0. The third-order valence-electron chi connectivity index (χ3n) is 7.13. The number of carbonyl (C=O) groups excluding carboxylic acids is 1. The van der Waals surface area contributed by atoms with Crippen molar-refractivity contribution in [1.82, 2.24) is 0 Å². The van der Waals surface area contributed by atoms with Crippen LogP contribution in [0.5, 0.6) is 0 Å². The molecule has 3 rings (SSSR count). The molecule has 0 aromatic heterocycles. The third kappa shape index (κ3) is 6.06. The minimum absolute atomic E-state index is 0.0867. The highest BCUT2D eigenvalue weighted by Gasteiger charge is 2.96. The Labute approximate surface area is 270 Å². The molecule has 1 fully saturated rings. The van der Waals surface area contributed by atoms with Crippen molar-refractivity contribution in [1.29, 1.82) is 0 Å². The van der Waals surface area contributed by atoms with Crippen molar-refractivity contribution in [2.45, 2.75) is 71.3 Å². The summed E-state index contributed by atoms with van der Waals surface area (Å²) < 4.78 is 274. The van der Waals surface area contributed by atoms with E-state index in [9.17, 15) is 79.1 Å². The normalized spacial score (nSPS) is 21.9. The van der Waals surface area contributed by atoms with Gasteiger partial charge in [0.25, 0.3) is 0 Å². The standard InChI is InChI=1S/C25H19F17O6S2/c1-2-46-17(43)47-14-10-11-49(12-14,16-9-5-7-13-6-3-4-8-15(13)16)48-50(44,45)25(41,42)23(36,37)21(32,33)19(28,29)18(26,27)20(30,31)22(34,35)24(38,39)40/h3-9,14H,2,10-12H2,1H3. The lowest BCUT2D eigenvalue weighted by atomic mass is 9.91. The van der Waals surface area contributed by atoms with Gasteiger partial charge in [0.1, 0.15) is 6.10 Å². The predicted octanol–water partition coefficient (Wildman–Crippen LogP) is 9.18. The first-order valence-corrected chi connectivity index (χ1v) is 16.4. The van der Waals surface area contributed by atoms with E-state index in [0.717, 1.165) is 12.1 Å². The van der Waals surface area contributed by atoms with Crippen molar-refractivity contribution in [3.8, 4) is 0 Å². The van der Waals surface area contributed by atoms with Crippen molar-refractivity contribution in [2.75, 3.05) is 18.1 Å². The van der Waals surface area contributed by atoms with Crippen molar-refractivity contribution in [3.63, 3.8) is 0 Å². The minimum Gasteiger partial charge on any atom is -0.435 e. The monoisotopic (exact) mass is 802 g/mol. The molecule has 0 saturated carbocycles. The Balaban J connectivity index is 2.17. The van der Waals surface area contributed by atoms with E-state index < -0.39 is 102 Å². The third-order valence-corrected chi connectivity index (χ3v) is 12.7. The summed E-state index contributed by atoms with van der Waals surface area (Å²) in [6, 6.07) is 8.53. The highest BCUT2D eigenvalue weighted by atomic mass is 32.3. The fraction of sp³-hybridized carbons (Fsp3) is 0.560. The molecule has 6 nitrogen and oxygen atoms in total. The first-order valence-electron chi connectivity index (χ1n) is 13.1. The van der Waals surface area contributed by atoms with Gasteiger partial charge in [0, 0.05) is 16.4 Å². The first kappa shape index (κ1) is 41.5. The highest BCUT2D eigenvalue weighted by molar-refractivity contribution is 8.33. The Morgan fingerprint density at radius 1 is 0.720 bits per heavy atom. The van der Waals surface area contributed by atoms with Crippen LogP contribution in [0.15, 0.2) is 47.4 Å². The summed E-state index contributed by atoms with van der Waals surface area (Å²) in [6.45, 7) is 0.981. The zero-order valence-corrected chi connectivity index (χ0v) is 25.8. The summed E-state index contributed by atoms with van der Waals surface area (Å²) in [7, 11) is -12.1. The molecular formula is C25H19F17O6S2. The van der Waals surface area contributed by atoms with E-state index in [2.05, 4.69) is 8.37 Å². The lowest BCUT2D eigenvalue weighted by molar-refractivity contribution is -0.458. The Hall–Kier alpha value is -2.96. The molecule has 2 atom stereocenters. The summed E-state index contributed by atoms with van der Waals surface area (Å²) in [5.41, 5.74) is 0. The van der Waals surface area contributed by atoms with Crippen LogP contribution in [0, 0.1) is 0 Å². The van der Waals surface area contributed by atoms with Gasteiger partial charge in [0.05, 0.1) is 6.61 Å². The number of fused-ring (bicyclic) bond motifs is 1. The van der Waals surface area contributed by atoms with Crippen molar-refractivity contribution in [3.05, 3.63) is 42.5 Å². The molecule has 25 heteroatoms. The average Bonchev–Trinajstić information content (AvgIpc) is 3.37. The summed E-state index contributed by atoms with van der Waals surface area (Å²) in [5, 5.41) is -7.79. The number of rotatable bonds is 12. The Kier molecular flexibility index (Phi) is 10.5. The lowest BCUT2D eigenvalue weighted by Gasteiger charge is -2.43. The molecule has 1 aliphatic rings. The largest absolute Gasteiger partial charge is 0.508 e. The van der Waals surface area contributed by atoms with Crippen molar-refractivity contribution >= 4 is 37.4 Å². The molecule has 0 bridgehead atoms. The van der Waals surface area contributed by atoms with Crippen molar-refractivity contribution in [2.24, 2.45) is 0 Å². The van der Waals surface area contributed by atoms with Crippen molar-refractivity contribution < 1.29 is 101 Å². The van der Waals surface area contributed by atoms with Gasteiger partial charge in [-0.3, -0.25) is 0 Å². The molecule has 0 spiro atoms.